The van der Waals surface area contributed by atoms with Crippen molar-refractivity contribution in [1.29, 1.82) is 0 Å². The van der Waals surface area contributed by atoms with Crippen LogP contribution >= 0.6 is 0 Å². The maximum absolute atomic E-state index is 12.6. The van der Waals surface area contributed by atoms with Crippen molar-refractivity contribution in [3.05, 3.63) is 0 Å². The van der Waals surface area contributed by atoms with Gasteiger partial charge in [0.25, 0.3) is 0 Å². The van der Waals surface area contributed by atoms with Crippen molar-refractivity contribution in [1.82, 2.24) is 20.4 Å². The summed E-state index contributed by atoms with van der Waals surface area (Å²) in [5, 5.41) is 6.55. The highest BCUT2D eigenvalue weighted by atomic mass is 16.2. The number of piperidine rings is 2. The number of nitrogens with one attached hydrogen (secondary N) is 2. The van der Waals surface area contributed by atoms with Crippen LogP contribution in [0.2, 0.25) is 0 Å². The molecule has 136 valence electrons. The van der Waals surface area contributed by atoms with Crippen LogP contribution in [0.5, 0.6) is 0 Å². The topological polar surface area (TPSA) is 64.7 Å². The summed E-state index contributed by atoms with van der Waals surface area (Å²) in [6, 6.07) is 0.135. The number of carbonyl (C=O) groups excluding carboxylic acids is 2. The molecule has 0 aromatic carbocycles. The van der Waals surface area contributed by atoms with Crippen molar-refractivity contribution < 1.29 is 9.59 Å². The summed E-state index contributed by atoms with van der Waals surface area (Å²) < 4.78 is 0. The molecule has 6 heteroatoms. The van der Waals surface area contributed by atoms with Crippen LogP contribution in [0.25, 0.3) is 0 Å². The van der Waals surface area contributed by atoms with Gasteiger partial charge in [0, 0.05) is 32.7 Å². The van der Waals surface area contributed by atoms with E-state index in [-0.39, 0.29) is 23.3 Å². The number of likely N-dealkylation sites (tertiary alicyclic amines) is 2. The Bertz CT molecular complexity index is 456. The Balaban J connectivity index is 1.48. The van der Waals surface area contributed by atoms with Crippen molar-refractivity contribution in [2.75, 3.05) is 45.8 Å². The number of amides is 3. The average molecular weight is 336 g/mol. The Morgan fingerprint density at radius 2 is 1.75 bits per heavy atom. The molecule has 0 spiro atoms. The molecule has 3 heterocycles. The van der Waals surface area contributed by atoms with Gasteiger partial charge in [-0.05, 0) is 57.0 Å². The van der Waals surface area contributed by atoms with Gasteiger partial charge in [-0.15, -0.1) is 0 Å². The van der Waals surface area contributed by atoms with Gasteiger partial charge in [-0.25, -0.2) is 4.79 Å². The molecule has 3 saturated heterocycles. The largest absolute Gasteiger partial charge is 0.355 e. The third-order valence-electron chi connectivity index (χ3n) is 5.94. The molecule has 6 nitrogen and oxygen atoms in total. The minimum absolute atomic E-state index is 0.0457. The first-order valence-electron chi connectivity index (χ1n) is 9.60. The monoisotopic (exact) mass is 336 g/mol. The fourth-order valence-electron chi connectivity index (χ4n) is 4.13. The van der Waals surface area contributed by atoms with Gasteiger partial charge in [0.05, 0.1) is 5.92 Å². The number of hydrogen-bond donors (Lipinski definition) is 2. The first kappa shape index (κ1) is 17.5. The van der Waals surface area contributed by atoms with Gasteiger partial charge in [0.15, 0.2) is 0 Å². The van der Waals surface area contributed by atoms with Gasteiger partial charge in [-0.2, -0.15) is 0 Å². The molecule has 3 fully saturated rings. The van der Waals surface area contributed by atoms with Gasteiger partial charge >= 0.3 is 6.03 Å². The van der Waals surface area contributed by atoms with Crippen LogP contribution in [0.4, 0.5) is 4.79 Å². The van der Waals surface area contributed by atoms with Gasteiger partial charge < -0.3 is 20.4 Å². The molecule has 0 bridgehead atoms. The van der Waals surface area contributed by atoms with Crippen molar-refractivity contribution in [3.8, 4) is 0 Å². The average Bonchev–Trinajstić information content (AvgIpc) is 3.14. The lowest BCUT2D eigenvalue weighted by atomic mass is 9.81. The second-order valence-corrected chi connectivity index (χ2v) is 8.04. The summed E-state index contributed by atoms with van der Waals surface area (Å²) in [6.45, 7) is 8.21. The fraction of sp³-hybridized carbons (Fsp3) is 0.889. The van der Waals surface area contributed by atoms with E-state index in [1.807, 2.05) is 9.80 Å². The van der Waals surface area contributed by atoms with Crippen LogP contribution in [-0.4, -0.2) is 67.6 Å². The Morgan fingerprint density at radius 3 is 2.46 bits per heavy atom. The van der Waals surface area contributed by atoms with E-state index in [1.165, 1.54) is 0 Å². The highest BCUT2D eigenvalue weighted by molar-refractivity contribution is 5.81. The molecule has 0 aromatic rings. The molecule has 3 aliphatic rings. The van der Waals surface area contributed by atoms with Crippen LogP contribution < -0.4 is 10.6 Å². The smallest absolute Gasteiger partial charge is 0.320 e. The number of urea groups is 1. The van der Waals surface area contributed by atoms with Crippen LogP contribution in [0.1, 0.15) is 45.4 Å². The molecule has 3 aliphatic heterocycles. The molecule has 1 atom stereocenters. The Hall–Kier alpha value is -1.30. The number of nitrogens with zero attached hydrogens (tertiary/aromatic N) is 2. The summed E-state index contributed by atoms with van der Waals surface area (Å²) in [6.07, 6.45) is 6.26. The molecule has 0 aliphatic carbocycles. The second kappa shape index (κ2) is 7.72. The van der Waals surface area contributed by atoms with Gasteiger partial charge in [-0.3, -0.25) is 4.79 Å². The van der Waals surface area contributed by atoms with E-state index in [9.17, 15) is 9.59 Å². The van der Waals surface area contributed by atoms with E-state index in [0.29, 0.717) is 6.54 Å². The number of hydrogen-bond acceptors (Lipinski definition) is 3. The zero-order chi connectivity index (χ0) is 17.0. The SMILES string of the molecule is CC1(CNC(=O)C2CCCN(C(=O)N3CCCC3)C2)CCNCC1. The molecular formula is C18H32N4O2. The fourth-order valence-corrected chi connectivity index (χ4v) is 4.13. The van der Waals surface area contributed by atoms with Crippen molar-refractivity contribution in [3.63, 3.8) is 0 Å². The normalized spacial score (nSPS) is 27.1. The zero-order valence-electron chi connectivity index (χ0n) is 15.0. The molecule has 0 radical (unpaired) electrons. The summed E-state index contributed by atoms with van der Waals surface area (Å²) in [5.74, 6) is 0.0873. The quantitative estimate of drug-likeness (QED) is 0.819. The van der Waals surface area contributed by atoms with E-state index < -0.39 is 0 Å². The van der Waals surface area contributed by atoms with E-state index in [4.69, 9.17) is 0 Å². The Kier molecular flexibility index (Phi) is 5.64. The number of rotatable bonds is 3. The standard InChI is InChI=1S/C18H32N4O2/c1-18(6-8-19-9-7-18)14-20-16(23)15-5-4-12-22(13-15)17(24)21-10-2-3-11-21/h15,19H,2-14H2,1H3,(H,20,23). The zero-order valence-corrected chi connectivity index (χ0v) is 15.0. The van der Waals surface area contributed by atoms with E-state index in [2.05, 4.69) is 17.6 Å². The Labute approximate surface area is 145 Å². The molecule has 0 saturated carbocycles. The molecule has 2 N–H and O–H groups in total. The van der Waals surface area contributed by atoms with E-state index in [0.717, 1.165) is 77.8 Å². The molecule has 3 rings (SSSR count). The third kappa shape index (κ3) is 4.21. The predicted molar refractivity (Wildman–Crippen MR) is 93.7 cm³/mol. The lowest BCUT2D eigenvalue weighted by Crippen LogP contribution is -2.51. The summed E-state index contributed by atoms with van der Waals surface area (Å²) in [7, 11) is 0. The van der Waals surface area contributed by atoms with Gasteiger partial charge in [0.1, 0.15) is 0 Å². The van der Waals surface area contributed by atoms with Gasteiger partial charge in [-0.1, -0.05) is 6.92 Å². The predicted octanol–water partition coefficient (Wildman–Crippen LogP) is 1.42. The second-order valence-electron chi connectivity index (χ2n) is 8.04. The number of carbonyl (C=O) groups is 2. The van der Waals surface area contributed by atoms with Crippen LogP contribution in [-0.2, 0) is 4.79 Å². The molecular weight excluding hydrogens is 304 g/mol. The first-order chi connectivity index (χ1) is 11.6. The highest BCUT2D eigenvalue weighted by Gasteiger charge is 2.33. The van der Waals surface area contributed by atoms with Crippen molar-refractivity contribution in [2.45, 2.75) is 45.4 Å². The minimum Gasteiger partial charge on any atom is -0.355 e. The van der Waals surface area contributed by atoms with Crippen LogP contribution in [0, 0.1) is 11.3 Å². The van der Waals surface area contributed by atoms with E-state index in [1.54, 1.807) is 0 Å². The summed E-state index contributed by atoms with van der Waals surface area (Å²) >= 11 is 0. The van der Waals surface area contributed by atoms with Crippen molar-refractivity contribution >= 4 is 11.9 Å². The lowest BCUT2D eigenvalue weighted by molar-refractivity contribution is -0.126. The molecule has 0 aromatic heterocycles. The first-order valence-corrected chi connectivity index (χ1v) is 9.60. The van der Waals surface area contributed by atoms with Crippen molar-refractivity contribution in [2.24, 2.45) is 11.3 Å². The van der Waals surface area contributed by atoms with E-state index >= 15 is 0 Å². The maximum Gasteiger partial charge on any atom is 0.320 e. The lowest BCUT2D eigenvalue weighted by Gasteiger charge is -2.37. The highest BCUT2D eigenvalue weighted by Crippen LogP contribution is 2.27. The van der Waals surface area contributed by atoms with Gasteiger partial charge in [0.2, 0.25) is 5.91 Å². The van der Waals surface area contributed by atoms with Crippen LogP contribution in [0.3, 0.4) is 0 Å². The minimum atomic E-state index is -0.0457. The Morgan fingerprint density at radius 1 is 1.08 bits per heavy atom. The molecule has 3 amide bonds. The molecule has 1 unspecified atom stereocenters. The molecule has 24 heavy (non-hydrogen) atoms. The summed E-state index contributed by atoms with van der Waals surface area (Å²) in [4.78, 5) is 29.0. The summed E-state index contributed by atoms with van der Waals surface area (Å²) in [5.41, 5.74) is 0.209. The maximum atomic E-state index is 12.6. The third-order valence-corrected chi connectivity index (χ3v) is 5.94. The van der Waals surface area contributed by atoms with Crippen LogP contribution in [0.15, 0.2) is 0 Å².